The topological polar surface area (TPSA) is 63.7 Å². The minimum absolute atomic E-state index is 0.0210. The molecule has 1 aliphatic heterocycles. The molecule has 1 atom stereocenters. The average Bonchev–Trinajstić information content (AvgIpc) is 2.79. The molecular weight excluding hydrogens is 302 g/mol. The molecule has 1 saturated heterocycles. The first-order valence-electron chi connectivity index (χ1n) is 6.19. The van der Waals surface area contributed by atoms with Crippen LogP contribution >= 0.6 is 11.6 Å². The van der Waals surface area contributed by atoms with E-state index in [-0.39, 0.29) is 29.3 Å². The molecular formula is C13H16ClNO4S. The van der Waals surface area contributed by atoms with E-state index in [1.807, 2.05) is 0 Å². The van der Waals surface area contributed by atoms with Crippen molar-refractivity contribution >= 4 is 33.0 Å². The highest BCUT2D eigenvalue weighted by Gasteiger charge is 2.35. The second kappa shape index (κ2) is 6.01. The number of halogens is 1. The summed E-state index contributed by atoms with van der Waals surface area (Å²) in [6.07, 6.45) is 0.433. The summed E-state index contributed by atoms with van der Waals surface area (Å²) >= 11 is 5.65. The summed E-state index contributed by atoms with van der Waals surface area (Å²) in [5.41, 5.74) is 0.608. The first-order chi connectivity index (χ1) is 9.46. The quantitative estimate of drug-likeness (QED) is 0.789. The van der Waals surface area contributed by atoms with Crippen molar-refractivity contribution in [3.8, 4) is 5.75 Å². The first kappa shape index (κ1) is 15.1. The number of amides is 1. The van der Waals surface area contributed by atoms with E-state index < -0.39 is 9.84 Å². The number of alkyl halides is 1. The minimum Gasteiger partial charge on any atom is -0.497 e. The van der Waals surface area contributed by atoms with Gasteiger partial charge in [-0.05, 0) is 18.6 Å². The number of nitrogens with zero attached hydrogens (tertiary/aromatic N) is 1. The number of ether oxygens (including phenoxy) is 1. The van der Waals surface area contributed by atoms with Crippen LogP contribution in [0.15, 0.2) is 24.3 Å². The van der Waals surface area contributed by atoms with E-state index in [1.165, 1.54) is 12.0 Å². The van der Waals surface area contributed by atoms with Crippen LogP contribution in [-0.4, -0.2) is 44.9 Å². The van der Waals surface area contributed by atoms with Crippen molar-refractivity contribution in [3.05, 3.63) is 24.3 Å². The van der Waals surface area contributed by atoms with Crippen LogP contribution in [0, 0.1) is 0 Å². The summed E-state index contributed by atoms with van der Waals surface area (Å²) in [5, 5.41) is 0. The molecule has 0 bridgehead atoms. The fourth-order valence-electron chi connectivity index (χ4n) is 2.36. The van der Waals surface area contributed by atoms with E-state index in [0.717, 1.165) is 0 Å². The third-order valence-electron chi connectivity index (χ3n) is 3.29. The second-order valence-corrected chi connectivity index (χ2v) is 7.15. The molecule has 5 nitrogen and oxygen atoms in total. The number of anilines is 1. The monoisotopic (exact) mass is 317 g/mol. The molecule has 0 saturated carbocycles. The molecule has 1 aliphatic rings. The average molecular weight is 318 g/mol. The highest BCUT2D eigenvalue weighted by molar-refractivity contribution is 7.91. The van der Waals surface area contributed by atoms with Crippen molar-refractivity contribution in [2.24, 2.45) is 0 Å². The van der Waals surface area contributed by atoms with Gasteiger partial charge < -0.3 is 9.64 Å². The molecule has 0 radical (unpaired) electrons. The third-order valence-corrected chi connectivity index (χ3v) is 5.27. The maximum atomic E-state index is 12.1. The maximum absolute atomic E-state index is 12.1. The van der Waals surface area contributed by atoms with Gasteiger partial charge in [0.15, 0.2) is 9.84 Å². The highest BCUT2D eigenvalue weighted by atomic mass is 35.5. The van der Waals surface area contributed by atoms with Gasteiger partial charge in [0.25, 0.3) is 0 Å². The van der Waals surface area contributed by atoms with Gasteiger partial charge in [0.05, 0.1) is 24.7 Å². The molecule has 7 heteroatoms. The van der Waals surface area contributed by atoms with Crippen molar-refractivity contribution in [2.75, 3.05) is 29.4 Å². The molecule has 0 aliphatic carbocycles. The molecule has 1 heterocycles. The van der Waals surface area contributed by atoms with Gasteiger partial charge in [0.2, 0.25) is 5.91 Å². The molecule has 1 amide bonds. The number of carbonyl (C=O) groups excluding carboxylic acids is 1. The Balaban J connectivity index is 2.35. The Morgan fingerprint density at radius 3 is 2.80 bits per heavy atom. The minimum atomic E-state index is -3.07. The summed E-state index contributed by atoms with van der Waals surface area (Å²) in [5.74, 6) is 0.201. The van der Waals surface area contributed by atoms with Crippen molar-refractivity contribution in [1.82, 2.24) is 0 Å². The Morgan fingerprint density at radius 2 is 2.25 bits per heavy atom. The van der Waals surface area contributed by atoms with Gasteiger partial charge in [-0.15, -0.1) is 11.6 Å². The largest absolute Gasteiger partial charge is 0.497 e. The number of methoxy groups -OCH3 is 1. The number of benzene rings is 1. The first-order valence-corrected chi connectivity index (χ1v) is 8.55. The summed E-state index contributed by atoms with van der Waals surface area (Å²) < 4.78 is 28.4. The van der Waals surface area contributed by atoms with Crippen LogP contribution in [-0.2, 0) is 14.6 Å². The molecule has 0 spiro atoms. The van der Waals surface area contributed by atoms with Gasteiger partial charge in [-0.3, -0.25) is 4.79 Å². The zero-order valence-corrected chi connectivity index (χ0v) is 12.7. The molecule has 1 fully saturated rings. The number of carbonyl (C=O) groups is 1. The van der Waals surface area contributed by atoms with E-state index >= 15 is 0 Å². The summed E-state index contributed by atoms with van der Waals surface area (Å²) in [4.78, 5) is 13.5. The van der Waals surface area contributed by atoms with Gasteiger partial charge in [-0.1, -0.05) is 6.07 Å². The number of hydrogen-bond donors (Lipinski definition) is 0. The molecule has 1 aromatic carbocycles. The fraction of sp³-hybridized carbons (Fsp3) is 0.462. The van der Waals surface area contributed by atoms with Crippen LogP contribution in [0.3, 0.4) is 0 Å². The van der Waals surface area contributed by atoms with Crippen LogP contribution in [0.25, 0.3) is 0 Å². The lowest BCUT2D eigenvalue weighted by Gasteiger charge is -2.28. The van der Waals surface area contributed by atoms with Gasteiger partial charge >= 0.3 is 0 Å². The van der Waals surface area contributed by atoms with Crippen LogP contribution in [0.2, 0.25) is 0 Å². The number of sulfone groups is 1. The highest BCUT2D eigenvalue weighted by Crippen LogP contribution is 2.27. The Hall–Kier alpha value is -1.27. The van der Waals surface area contributed by atoms with E-state index in [0.29, 0.717) is 17.9 Å². The van der Waals surface area contributed by atoms with Crippen molar-refractivity contribution in [3.63, 3.8) is 0 Å². The van der Waals surface area contributed by atoms with Crippen LogP contribution in [0.5, 0.6) is 5.75 Å². The predicted molar refractivity (Wildman–Crippen MR) is 78.3 cm³/mol. The summed E-state index contributed by atoms with van der Waals surface area (Å²) in [7, 11) is -1.54. The molecule has 0 aromatic heterocycles. The van der Waals surface area contributed by atoms with Gasteiger partial charge in [-0.25, -0.2) is 8.42 Å². The third kappa shape index (κ3) is 3.24. The van der Waals surface area contributed by atoms with E-state index in [1.54, 1.807) is 24.3 Å². The van der Waals surface area contributed by atoms with Crippen molar-refractivity contribution < 1.29 is 17.9 Å². The summed E-state index contributed by atoms with van der Waals surface area (Å²) in [6.45, 7) is 0. The smallest absolute Gasteiger partial charge is 0.242 e. The number of rotatable bonds is 4. The van der Waals surface area contributed by atoms with Crippen molar-refractivity contribution in [2.45, 2.75) is 12.5 Å². The lowest BCUT2D eigenvalue weighted by Crippen LogP contribution is -2.42. The van der Waals surface area contributed by atoms with E-state index in [2.05, 4.69) is 0 Å². The fourth-order valence-corrected chi connectivity index (χ4v) is 4.19. The maximum Gasteiger partial charge on any atom is 0.242 e. The zero-order chi connectivity index (χ0) is 14.8. The van der Waals surface area contributed by atoms with E-state index in [4.69, 9.17) is 16.3 Å². The molecule has 110 valence electrons. The molecule has 0 N–H and O–H groups in total. The Morgan fingerprint density at radius 1 is 1.50 bits per heavy atom. The van der Waals surface area contributed by atoms with Crippen LogP contribution in [0.1, 0.15) is 6.42 Å². The second-order valence-electron chi connectivity index (χ2n) is 4.66. The predicted octanol–water partition coefficient (Wildman–Crippen LogP) is 1.45. The van der Waals surface area contributed by atoms with Crippen molar-refractivity contribution in [1.29, 1.82) is 0 Å². The summed E-state index contributed by atoms with van der Waals surface area (Å²) in [6, 6.07) is 6.61. The van der Waals surface area contributed by atoms with E-state index in [9.17, 15) is 13.2 Å². The van der Waals surface area contributed by atoms with Gasteiger partial charge in [0, 0.05) is 11.8 Å². The molecule has 2 rings (SSSR count). The Labute approximate surface area is 123 Å². The normalized spacial score (nSPS) is 20.6. The Kier molecular flexibility index (Phi) is 4.55. The zero-order valence-electron chi connectivity index (χ0n) is 11.1. The number of hydrogen-bond acceptors (Lipinski definition) is 4. The van der Waals surface area contributed by atoms with Crippen LogP contribution < -0.4 is 9.64 Å². The van der Waals surface area contributed by atoms with Crippen LogP contribution in [0.4, 0.5) is 5.69 Å². The van der Waals surface area contributed by atoms with Gasteiger partial charge in [-0.2, -0.15) is 0 Å². The van der Waals surface area contributed by atoms with Gasteiger partial charge in [0.1, 0.15) is 11.6 Å². The molecule has 20 heavy (non-hydrogen) atoms. The Bertz CT molecular complexity index is 602. The SMILES string of the molecule is COc1cccc(N(C(=O)CCl)[C@H]2CCS(=O)(=O)C2)c1. The standard InChI is InChI=1S/C13H16ClNO4S/c1-19-12-4-2-3-10(7-12)15(13(16)8-14)11-5-6-20(17,18)9-11/h2-4,7,11H,5-6,8-9H2,1H3/t11-/m0/s1. The lowest BCUT2D eigenvalue weighted by molar-refractivity contribution is -0.116. The molecule has 0 unspecified atom stereocenters. The molecule has 1 aromatic rings. The lowest BCUT2D eigenvalue weighted by atomic mass is 10.1.